The molecule has 0 amide bonds. The number of hydrogen-bond acceptors (Lipinski definition) is 3. The molecule has 0 atom stereocenters. The summed E-state index contributed by atoms with van der Waals surface area (Å²) in [6.07, 6.45) is 6.85. The molecular weight excluding hydrogens is 489 g/mol. The van der Waals surface area contributed by atoms with E-state index in [1.807, 2.05) is 6.07 Å². The highest BCUT2D eigenvalue weighted by atomic mass is 19.2. The van der Waals surface area contributed by atoms with Crippen LogP contribution in [0.4, 0.5) is 13.2 Å². The van der Waals surface area contributed by atoms with E-state index in [-0.39, 0.29) is 11.3 Å². The third kappa shape index (κ3) is 6.97. The Hall–Kier alpha value is -2.83. The van der Waals surface area contributed by atoms with E-state index in [1.165, 1.54) is 37.5 Å². The minimum Gasteiger partial charge on any atom is -0.490 e. The Morgan fingerprint density at radius 1 is 0.737 bits per heavy atom. The molecule has 0 bridgehead atoms. The van der Waals surface area contributed by atoms with Crippen LogP contribution in [0, 0.1) is 23.4 Å². The number of ether oxygens (including phenoxy) is 3. The lowest BCUT2D eigenvalue weighted by Crippen LogP contribution is -2.27. The second-order valence-corrected chi connectivity index (χ2v) is 9.97. The highest BCUT2D eigenvalue weighted by Crippen LogP contribution is 2.34. The van der Waals surface area contributed by atoms with Gasteiger partial charge < -0.3 is 14.2 Å². The van der Waals surface area contributed by atoms with Gasteiger partial charge in [0.15, 0.2) is 17.9 Å². The summed E-state index contributed by atoms with van der Waals surface area (Å²) in [6, 6.07) is 14.6. The molecule has 1 heterocycles. The molecule has 0 aromatic heterocycles. The number of benzene rings is 3. The van der Waals surface area contributed by atoms with Crippen molar-refractivity contribution in [2.45, 2.75) is 65.1 Å². The Morgan fingerprint density at radius 2 is 1.37 bits per heavy atom. The lowest BCUT2D eigenvalue weighted by molar-refractivity contribution is -0.206. The minimum atomic E-state index is -0.996. The Kier molecular flexibility index (Phi) is 10.2. The highest BCUT2D eigenvalue weighted by Gasteiger charge is 2.24. The highest BCUT2D eigenvalue weighted by molar-refractivity contribution is 5.71. The van der Waals surface area contributed by atoms with Crippen molar-refractivity contribution in [3.63, 3.8) is 0 Å². The monoisotopic (exact) mass is 526 g/mol. The zero-order valence-corrected chi connectivity index (χ0v) is 22.3. The van der Waals surface area contributed by atoms with E-state index in [1.54, 1.807) is 30.3 Å². The molecule has 0 N–H and O–H groups in total. The second kappa shape index (κ2) is 13.8. The van der Waals surface area contributed by atoms with Crippen LogP contribution in [0.25, 0.3) is 22.3 Å². The van der Waals surface area contributed by atoms with Crippen molar-refractivity contribution < 1.29 is 27.4 Å². The summed E-state index contributed by atoms with van der Waals surface area (Å²) in [4.78, 5) is 0. The maximum atomic E-state index is 15.1. The van der Waals surface area contributed by atoms with Crippen molar-refractivity contribution in [2.24, 2.45) is 5.92 Å². The maximum Gasteiger partial charge on any atom is 0.201 e. The van der Waals surface area contributed by atoms with E-state index < -0.39 is 23.7 Å². The normalized spacial score (nSPS) is 17.5. The SMILES string of the molecule is CCCCCOc1ccc(-c2ccc(-c3ccc(C4OCC(CCCCC)CO4)cc3F)cc2)c(F)c1F. The van der Waals surface area contributed by atoms with Crippen molar-refractivity contribution in [2.75, 3.05) is 19.8 Å². The van der Waals surface area contributed by atoms with E-state index >= 15 is 4.39 Å². The molecule has 4 rings (SSSR count). The molecule has 1 aliphatic rings. The van der Waals surface area contributed by atoms with Gasteiger partial charge in [0, 0.05) is 22.6 Å². The average Bonchev–Trinajstić information content (AvgIpc) is 2.94. The zero-order valence-electron chi connectivity index (χ0n) is 22.3. The fourth-order valence-corrected chi connectivity index (χ4v) is 4.73. The first-order valence-corrected chi connectivity index (χ1v) is 13.8. The van der Waals surface area contributed by atoms with Crippen molar-refractivity contribution in [3.05, 3.63) is 77.6 Å². The van der Waals surface area contributed by atoms with E-state index in [9.17, 15) is 8.78 Å². The Morgan fingerprint density at radius 3 is 2.03 bits per heavy atom. The largest absolute Gasteiger partial charge is 0.490 e. The van der Waals surface area contributed by atoms with Gasteiger partial charge in [0.05, 0.1) is 19.8 Å². The average molecular weight is 527 g/mol. The summed E-state index contributed by atoms with van der Waals surface area (Å²) >= 11 is 0. The first-order chi connectivity index (χ1) is 18.5. The Balaban J connectivity index is 1.41. The van der Waals surface area contributed by atoms with E-state index in [0.29, 0.717) is 48.0 Å². The fraction of sp³-hybridized carbons (Fsp3) is 0.438. The molecule has 6 heteroatoms. The molecule has 0 spiro atoms. The Labute approximate surface area is 223 Å². The third-order valence-electron chi connectivity index (χ3n) is 7.01. The summed E-state index contributed by atoms with van der Waals surface area (Å²) in [6.45, 7) is 5.82. The molecule has 3 aromatic carbocycles. The fourth-order valence-electron chi connectivity index (χ4n) is 4.73. The van der Waals surface area contributed by atoms with Crippen LogP contribution in [-0.2, 0) is 9.47 Å². The first-order valence-electron chi connectivity index (χ1n) is 13.8. The van der Waals surface area contributed by atoms with Gasteiger partial charge in [0.25, 0.3) is 0 Å². The van der Waals surface area contributed by atoms with Crippen LogP contribution in [-0.4, -0.2) is 19.8 Å². The molecule has 204 valence electrons. The molecule has 3 aromatic rings. The minimum absolute atomic E-state index is 0.0842. The predicted octanol–water partition coefficient (Wildman–Crippen LogP) is 9.25. The smallest absolute Gasteiger partial charge is 0.201 e. The standard InChI is InChI=1S/C32H37F3O3/c1-3-5-7-9-22-20-37-32(38-21-22)25-14-15-26(28(33)19-25)23-10-12-24(13-11-23)27-16-17-29(31(35)30(27)34)36-18-8-6-4-2/h10-17,19,22,32H,3-9,18,20-21H2,1-2H3. The second-order valence-electron chi connectivity index (χ2n) is 9.97. The van der Waals surface area contributed by atoms with Crippen LogP contribution in [0.2, 0.25) is 0 Å². The predicted molar refractivity (Wildman–Crippen MR) is 144 cm³/mol. The van der Waals surface area contributed by atoms with Crippen molar-refractivity contribution in [1.82, 2.24) is 0 Å². The number of unbranched alkanes of at least 4 members (excludes halogenated alkanes) is 4. The van der Waals surface area contributed by atoms with E-state index in [4.69, 9.17) is 14.2 Å². The van der Waals surface area contributed by atoms with Gasteiger partial charge in [0.2, 0.25) is 5.82 Å². The van der Waals surface area contributed by atoms with Gasteiger partial charge >= 0.3 is 0 Å². The molecule has 0 saturated carbocycles. The summed E-state index contributed by atoms with van der Waals surface area (Å²) in [5, 5.41) is 0. The topological polar surface area (TPSA) is 27.7 Å². The van der Waals surface area contributed by atoms with Gasteiger partial charge in [-0.2, -0.15) is 4.39 Å². The summed E-state index contributed by atoms with van der Waals surface area (Å²) in [5.74, 6) is -2.05. The van der Waals surface area contributed by atoms with Crippen LogP contribution < -0.4 is 4.74 Å². The molecular formula is C32H37F3O3. The number of halogens is 3. The van der Waals surface area contributed by atoms with Crippen LogP contribution in [0.15, 0.2) is 54.6 Å². The quantitative estimate of drug-likeness (QED) is 0.220. The van der Waals surface area contributed by atoms with E-state index in [2.05, 4.69) is 13.8 Å². The maximum absolute atomic E-state index is 15.1. The van der Waals surface area contributed by atoms with Crippen LogP contribution in [0.1, 0.15) is 70.6 Å². The van der Waals surface area contributed by atoms with Crippen molar-refractivity contribution in [3.8, 4) is 28.0 Å². The van der Waals surface area contributed by atoms with Crippen molar-refractivity contribution >= 4 is 0 Å². The molecule has 3 nitrogen and oxygen atoms in total. The zero-order chi connectivity index (χ0) is 26.9. The number of rotatable bonds is 12. The molecule has 1 aliphatic heterocycles. The van der Waals surface area contributed by atoms with Gasteiger partial charge in [0.1, 0.15) is 5.82 Å². The third-order valence-corrected chi connectivity index (χ3v) is 7.01. The molecule has 1 saturated heterocycles. The lowest BCUT2D eigenvalue weighted by atomic mass is 9.98. The Bertz CT molecular complexity index is 1170. The van der Waals surface area contributed by atoms with Gasteiger partial charge in [-0.05, 0) is 42.2 Å². The van der Waals surface area contributed by atoms with Gasteiger partial charge in [-0.15, -0.1) is 0 Å². The lowest BCUT2D eigenvalue weighted by Gasteiger charge is -2.29. The summed E-state index contributed by atoms with van der Waals surface area (Å²) in [7, 11) is 0. The van der Waals surface area contributed by atoms with Gasteiger partial charge in [-0.1, -0.05) is 82.3 Å². The first kappa shape index (κ1) is 28.2. The van der Waals surface area contributed by atoms with Crippen LogP contribution in [0.5, 0.6) is 5.75 Å². The molecule has 0 unspecified atom stereocenters. The summed E-state index contributed by atoms with van der Waals surface area (Å²) < 4.78 is 61.6. The van der Waals surface area contributed by atoms with E-state index in [0.717, 1.165) is 25.7 Å². The molecule has 1 fully saturated rings. The van der Waals surface area contributed by atoms with Gasteiger partial charge in [-0.25, -0.2) is 8.78 Å². The molecule has 38 heavy (non-hydrogen) atoms. The van der Waals surface area contributed by atoms with Crippen LogP contribution in [0.3, 0.4) is 0 Å². The number of hydrogen-bond donors (Lipinski definition) is 0. The van der Waals surface area contributed by atoms with Crippen LogP contribution >= 0.6 is 0 Å². The molecule has 0 aliphatic carbocycles. The summed E-state index contributed by atoms with van der Waals surface area (Å²) in [5.41, 5.74) is 2.32. The van der Waals surface area contributed by atoms with Crippen molar-refractivity contribution in [1.29, 1.82) is 0 Å². The molecule has 0 radical (unpaired) electrons. The van der Waals surface area contributed by atoms with Gasteiger partial charge in [-0.3, -0.25) is 0 Å².